The van der Waals surface area contributed by atoms with Crippen molar-refractivity contribution in [2.75, 3.05) is 5.32 Å². The Morgan fingerprint density at radius 2 is 1.82 bits per heavy atom. The molecule has 3 aromatic rings. The molecule has 0 aliphatic rings. The summed E-state index contributed by atoms with van der Waals surface area (Å²) in [5, 5.41) is 9.95. The van der Waals surface area contributed by atoms with Crippen LogP contribution in [-0.4, -0.2) is 9.78 Å². The standard InChI is InChI=1S/C14H13N3/c1-17-10-14(9-15-17)16-13-7-6-11-4-2-3-5-12(11)8-13/h2-10,16H,1H3. The summed E-state index contributed by atoms with van der Waals surface area (Å²) in [7, 11) is 1.91. The highest BCUT2D eigenvalue weighted by Crippen LogP contribution is 2.21. The topological polar surface area (TPSA) is 29.9 Å². The summed E-state index contributed by atoms with van der Waals surface area (Å²) in [4.78, 5) is 0. The van der Waals surface area contributed by atoms with Gasteiger partial charge in [0.2, 0.25) is 0 Å². The van der Waals surface area contributed by atoms with Gasteiger partial charge in [0, 0.05) is 18.9 Å². The third-order valence-electron chi connectivity index (χ3n) is 2.74. The van der Waals surface area contributed by atoms with E-state index >= 15 is 0 Å². The quantitative estimate of drug-likeness (QED) is 0.722. The lowest BCUT2D eigenvalue weighted by molar-refractivity contribution is 0.768. The maximum atomic E-state index is 4.13. The molecule has 1 N–H and O–H groups in total. The fourth-order valence-electron chi connectivity index (χ4n) is 1.92. The Hall–Kier alpha value is -2.29. The first-order valence-electron chi connectivity index (χ1n) is 5.56. The summed E-state index contributed by atoms with van der Waals surface area (Å²) < 4.78 is 1.78. The molecule has 0 aliphatic carbocycles. The van der Waals surface area contributed by atoms with E-state index in [4.69, 9.17) is 0 Å². The summed E-state index contributed by atoms with van der Waals surface area (Å²) in [5.41, 5.74) is 2.08. The molecule has 0 spiro atoms. The van der Waals surface area contributed by atoms with Crippen LogP contribution in [0.25, 0.3) is 10.8 Å². The Kier molecular flexibility index (Phi) is 2.29. The summed E-state index contributed by atoms with van der Waals surface area (Å²) in [5.74, 6) is 0. The number of anilines is 2. The van der Waals surface area contributed by atoms with Crippen LogP contribution < -0.4 is 5.32 Å². The Labute approximate surface area is 99.7 Å². The minimum atomic E-state index is 1.00. The molecule has 0 aliphatic heterocycles. The van der Waals surface area contributed by atoms with E-state index in [1.54, 1.807) is 4.68 Å². The predicted molar refractivity (Wildman–Crippen MR) is 70.4 cm³/mol. The van der Waals surface area contributed by atoms with Crippen molar-refractivity contribution in [3.8, 4) is 0 Å². The predicted octanol–water partition coefficient (Wildman–Crippen LogP) is 3.32. The van der Waals surface area contributed by atoms with Crippen LogP contribution in [0.3, 0.4) is 0 Å². The molecule has 0 saturated carbocycles. The van der Waals surface area contributed by atoms with Gasteiger partial charge in [-0.15, -0.1) is 0 Å². The molecule has 3 rings (SSSR count). The van der Waals surface area contributed by atoms with Crippen molar-refractivity contribution in [1.82, 2.24) is 9.78 Å². The van der Waals surface area contributed by atoms with Crippen molar-refractivity contribution in [1.29, 1.82) is 0 Å². The summed E-state index contributed by atoms with van der Waals surface area (Å²) in [6.45, 7) is 0. The van der Waals surface area contributed by atoms with Crippen molar-refractivity contribution in [2.24, 2.45) is 7.05 Å². The zero-order valence-electron chi connectivity index (χ0n) is 9.59. The molecule has 2 aromatic carbocycles. The summed E-state index contributed by atoms with van der Waals surface area (Å²) >= 11 is 0. The van der Waals surface area contributed by atoms with Crippen molar-refractivity contribution in [3.63, 3.8) is 0 Å². The molecular formula is C14H13N3. The minimum Gasteiger partial charge on any atom is -0.353 e. The minimum absolute atomic E-state index is 1.00. The average Bonchev–Trinajstić information content (AvgIpc) is 2.75. The number of benzene rings is 2. The third-order valence-corrected chi connectivity index (χ3v) is 2.74. The van der Waals surface area contributed by atoms with Crippen LogP contribution in [0.4, 0.5) is 11.4 Å². The van der Waals surface area contributed by atoms with Crippen molar-refractivity contribution < 1.29 is 0 Å². The van der Waals surface area contributed by atoms with Crippen LogP contribution in [0.1, 0.15) is 0 Å². The summed E-state index contributed by atoms with van der Waals surface area (Å²) in [6.07, 6.45) is 3.77. The van der Waals surface area contributed by atoms with E-state index in [0.29, 0.717) is 0 Å². The molecule has 84 valence electrons. The molecule has 0 fully saturated rings. The van der Waals surface area contributed by atoms with Crippen molar-refractivity contribution >= 4 is 22.1 Å². The fourth-order valence-corrected chi connectivity index (χ4v) is 1.92. The van der Waals surface area contributed by atoms with Gasteiger partial charge >= 0.3 is 0 Å². The number of aryl methyl sites for hydroxylation is 1. The highest BCUT2D eigenvalue weighted by atomic mass is 15.3. The smallest absolute Gasteiger partial charge is 0.0770 e. The van der Waals surface area contributed by atoms with Crippen molar-refractivity contribution in [3.05, 3.63) is 54.9 Å². The van der Waals surface area contributed by atoms with Gasteiger partial charge in [-0.2, -0.15) is 5.10 Å². The van der Waals surface area contributed by atoms with E-state index in [9.17, 15) is 0 Å². The maximum absolute atomic E-state index is 4.13. The van der Waals surface area contributed by atoms with E-state index in [2.05, 4.69) is 52.9 Å². The first-order chi connectivity index (χ1) is 8.31. The Morgan fingerprint density at radius 3 is 2.59 bits per heavy atom. The number of nitrogens with one attached hydrogen (secondary N) is 1. The number of fused-ring (bicyclic) bond motifs is 1. The lowest BCUT2D eigenvalue weighted by Gasteiger charge is -2.05. The molecule has 0 saturated heterocycles. The third kappa shape index (κ3) is 1.99. The van der Waals surface area contributed by atoms with Gasteiger partial charge in [-0.1, -0.05) is 30.3 Å². The highest BCUT2D eigenvalue weighted by molar-refractivity contribution is 5.86. The number of nitrogens with zero attached hydrogens (tertiary/aromatic N) is 2. The van der Waals surface area contributed by atoms with Gasteiger partial charge < -0.3 is 5.32 Å². The Bertz CT molecular complexity index is 655. The zero-order valence-corrected chi connectivity index (χ0v) is 9.59. The highest BCUT2D eigenvalue weighted by Gasteiger charge is 1.98. The van der Waals surface area contributed by atoms with Gasteiger partial charge in [-0.05, 0) is 22.9 Å². The first-order valence-corrected chi connectivity index (χ1v) is 5.56. The fraction of sp³-hybridized carbons (Fsp3) is 0.0714. The second kappa shape index (κ2) is 3.94. The van der Waals surface area contributed by atoms with Crippen LogP contribution in [0, 0.1) is 0 Å². The molecule has 0 amide bonds. The molecule has 1 heterocycles. The normalized spacial score (nSPS) is 10.6. The van der Waals surface area contributed by atoms with Gasteiger partial charge in [0.1, 0.15) is 0 Å². The Morgan fingerprint density at radius 1 is 1.00 bits per heavy atom. The molecule has 3 nitrogen and oxygen atoms in total. The lowest BCUT2D eigenvalue weighted by Crippen LogP contribution is -1.88. The van der Waals surface area contributed by atoms with Gasteiger partial charge in [0.25, 0.3) is 0 Å². The van der Waals surface area contributed by atoms with E-state index in [-0.39, 0.29) is 0 Å². The first kappa shape index (κ1) is 9.90. The molecule has 0 bridgehead atoms. The molecule has 1 aromatic heterocycles. The lowest BCUT2D eigenvalue weighted by atomic mass is 10.1. The van der Waals surface area contributed by atoms with Gasteiger partial charge in [-0.3, -0.25) is 4.68 Å². The molecule has 0 atom stereocenters. The van der Waals surface area contributed by atoms with E-state index in [1.165, 1.54) is 10.8 Å². The van der Waals surface area contributed by atoms with Crippen molar-refractivity contribution in [2.45, 2.75) is 0 Å². The summed E-state index contributed by atoms with van der Waals surface area (Å²) in [6, 6.07) is 14.7. The van der Waals surface area contributed by atoms with Crippen LogP contribution >= 0.6 is 0 Å². The SMILES string of the molecule is Cn1cc(Nc2ccc3ccccc3c2)cn1. The second-order valence-corrected chi connectivity index (χ2v) is 4.09. The van der Waals surface area contributed by atoms with Gasteiger partial charge in [-0.25, -0.2) is 0 Å². The number of aromatic nitrogens is 2. The zero-order chi connectivity index (χ0) is 11.7. The molecule has 3 heteroatoms. The Balaban J connectivity index is 1.95. The average molecular weight is 223 g/mol. The maximum Gasteiger partial charge on any atom is 0.0770 e. The second-order valence-electron chi connectivity index (χ2n) is 4.09. The molecule has 0 unspecified atom stereocenters. The van der Waals surface area contributed by atoms with Crippen LogP contribution in [-0.2, 0) is 7.05 Å². The monoisotopic (exact) mass is 223 g/mol. The molecular weight excluding hydrogens is 210 g/mol. The molecule has 0 radical (unpaired) electrons. The number of hydrogen-bond acceptors (Lipinski definition) is 2. The van der Waals surface area contributed by atoms with E-state index in [1.807, 2.05) is 19.4 Å². The van der Waals surface area contributed by atoms with Crippen LogP contribution in [0.2, 0.25) is 0 Å². The van der Waals surface area contributed by atoms with E-state index < -0.39 is 0 Å². The van der Waals surface area contributed by atoms with E-state index in [0.717, 1.165) is 11.4 Å². The number of hydrogen-bond donors (Lipinski definition) is 1. The van der Waals surface area contributed by atoms with Crippen LogP contribution in [0.5, 0.6) is 0 Å². The number of rotatable bonds is 2. The van der Waals surface area contributed by atoms with Crippen LogP contribution in [0.15, 0.2) is 54.9 Å². The largest absolute Gasteiger partial charge is 0.353 e. The van der Waals surface area contributed by atoms with Gasteiger partial charge in [0.15, 0.2) is 0 Å². The van der Waals surface area contributed by atoms with Gasteiger partial charge in [0.05, 0.1) is 11.9 Å². The molecule has 17 heavy (non-hydrogen) atoms.